The van der Waals surface area contributed by atoms with Crippen molar-refractivity contribution in [1.29, 1.82) is 5.26 Å². The van der Waals surface area contributed by atoms with Gasteiger partial charge >= 0.3 is 0 Å². The van der Waals surface area contributed by atoms with E-state index in [0.717, 1.165) is 41.6 Å². The van der Waals surface area contributed by atoms with Gasteiger partial charge in [-0.3, -0.25) is 0 Å². The third kappa shape index (κ3) is 7.32. The van der Waals surface area contributed by atoms with Crippen LogP contribution in [0.3, 0.4) is 0 Å². The first kappa shape index (κ1) is 21.3. The van der Waals surface area contributed by atoms with Crippen molar-refractivity contribution in [1.82, 2.24) is 10.6 Å². The minimum atomic E-state index is 0. The molecule has 132 valence electrons. The molecule has 0 atom stereocenters. The monoisotopic (exact) mass is 468 g/mol. The second-order valence-corrected chi connectivity index (χ2v) is 5.68. The van der Waals surface area contributed by atoms with E-state index >= 15 is 0 Å². The first-order valence-corrected chi connectivity index (χ1v) is 8.35. The van der Waals surface area contributed by atoms with Gasteiger partial charge in [-0.1, -0.05) is 41.9 Å². The van der Waals surface area contributed by atoms with Crippen molar-refractivity contribution >= 4 is 41.5 Å². The fourth-order valence-corrected chi connectivity index (χ4v) is 2.50. The predicted molar refractivity (Wildman–Crippen MR) is 115 cm³/mol. The molecule has 0 aliphatic carbocycles. The SMILES string of the molecule is CCNC(=NCc1cccc(C#N)c1)NCCc1ccccc1Cl.I. The molecule has 0 aliphatic rings. The number of hydrogen-bond acceptors (Lipinski definition) is 2. The predicted octanol–water partition coefficient (Wildman–Crippen LogP) is 4.13. The van der Waals surface area contributed by atoms with Crippen LogP contribution in [0.4, 0.5) is 0 Å². The van der Waals surface area contributed by atoms with Gasteiger partial charge in [0.15, 0.2) is 5.96 Å². The van der Waals surface area contributed by atoms with E-state index in [-0.39, 0.29) is 24.0 Å². The Balaban J connectivity index is 0.00000312. The molecule has 2 aromatic carbocycles. The van der Waals surface area contributed by atoms with Crippen LogP contribution in [0.15, 0.2) is 53.5 Å². The Hall–Kier alpha value is -1.78. The molecule has 0 saturated heterocycles. The van der Waals surface area contributed by atoms with E-state index in [1.807, 2.05) is 49.4 Å². The molecule has 0 fully saturated rings. The molecule has 0 heterocycles. The van der Waals surface area contributed by atoms with Gasteiger partial charge in [-0.25, -0.2) is 4.99 Å². The van der Waals surface area contributed by atoms with Crippen molar-refractivity contribution in [2.45, 2.75) is 19.9 Å². The molecule has 0 aromatic heterocycles. The van der Waals surface area contributed by atoms with Gasteiger partial charge in [0.1, 0.15) is 0 Å². The van der Waals surface area contributed by atoms with Crippen LogP contribution >= 0.6 is 35.6 Å². The molecule has 4 nitrogen and oxygen atoms in total. The number of aliphatic imine (C=N–C) groups is 1. The fraction of sp³-hybridized carbons (Fsp3) is 0.263. The molecule has 0 bridgehead atoms. The molecular weight excluding hydrogens is 447 g/mol. The lowest BCUT2D eigenvalue weighted by Crippen LogP contribution is -2.38. The van der Waals surface area contributed by atoms with E-state index in [2.05, 4.69) is 21.7 Å². The van der Waals surface area contributed by atoms with Crippen molar-refractivity contribution in [3.8, 4) is 6.07 Å². The lowest BCUT2D eigenvalue weighted by Gasteiger charge is -2.12. The number of rotatable bonds is 6. The van der Waals surface area contributed by atoms with Gasteiger partial charge in [0.25, 0.3) is 0 Å². The Labute approximate surface area is 171 Å². The highest BCUT2D eigenvalue weighted by atomic mass is 127. The van der Waals surface area contributed by atoms with Gasteiger partial charge in [-0.2, -0.15) is 5.26 Å². The lowest BCUT2D eigenvalue weighted by atomic mass is 10.1. The summed E-state index contributed by atoms with van der Waals surface area (Å²) >= 11 is 6.17. The van der Waals surface area contributed by atoms with Crippen molar-refractivity contribution in [3.05, 3.63) is 70.2 Å². The highest BCUT2D eigenvalue weighted by Gasteiger charge is 2.01. The Morgan fingerprint density at radius 1 is 1.16 bits per heavy atom. The smallest absolute Gasteiger partial charge is 0.191 e. The number of hydrogen-bond donors (Lipinski definition) is 2. The van der Waals surface area contributed by atoms with Gasteiger partial charge in [0.2, 0.25) is 0 Å². The van der Waals surface area contributed by atoms with Crippen LogP contribution in [-0.4, -0.2) is 19.0 Å². The molecule has 2 N–H and O–H groups in total. The largest absolute Gasteiger partial charge is 0.357 e. The third-order valence-corrected chi connectivity index (χ3v) is 3.83. The summed E-state index contributed by atoms with van der Waals surface area (Å²) in [5.41, 5.74) is 2.78. The standard InChI is InChI=1S/C19H21ClN4.HI/c1-2-22-19(23-11-10-17-8-3-4-9-18(17)20)24-14-16-7-5-6-15(12-16)13-21;/h3-9,12H,2,10-11,14H2,1H3,(H2,22,23,24);1H. The molecule has 0 saturated carbocycles. The maximum absolute atomic E-state index is 8.95. The van der Waals surface area contributed by atoms with E-state index in [1.165, 1.54) is 0 Å². The second kappa shape index (κ2) is 11.7. The van der Waals surface area contributed by atoms with Crippen LogP contribution in [0.1, 0.15) is 23.6 Å². The first-order chi connectivity index (χ1) is 11.7. The minimum Gasteiger partial charge on any atom is -0.357 e. The van der Waals surface area contributed by atoms with Crippen LogP contribution < -0.4 is 10.6 Å². The Morgan fingerprint density at radius 2 is 1.96 bits per heavy atom. The summed E-state index contributed by atoms with van der Waals surface area (Å²) < 4.78 is 0. The number of nitrogens with one attached hydrogen (secondary N) is 2. The highest BCUT2D eigenvalue weighted by molar-refractivity contribution is 14.0. The quantitative estimate of drug-likeness (QED) is 0.381. The van der Waals surface area contributed by atoms with Gasteiger partial charge < -0.3 is 10.6 Å². The van der Waals surface area contributed by atoms with Crippen molar-refractivity contribution in [3.63, 3.8) is 0 Å². The fourth-order valence-electron chi connectivity index (χ4n) is 2.27. The van der Waals surface area contributed by atoms with E-state index in [1.54, 1.807) is 6.07 Å². The molecule has 25 heavy (non-hydrogen) atoms. The first-order valence-electron chi connectivity index (χ1n) is 7.97. The number of guanidine groups is 1. The maximum atomic E-state index is 8.95. The van der Waals surface area contributed by atoms with Crippen LogP contribution in [0.5, 0.6) is 0 Å². The zero-order chi connectivity index (χ0) is 17.2. The molecule has 0 aliphatic heterocycles. The maximum Gasteiger partial charge on any atom is 0.191 e. The van der Waals surface area contributed by atoms with Crippen LogP contribution in [-0.2, 0) is 13.0 Å². The minimum absolute atomic E-state index is 0. The average Bonchev–Trinajstić information content (AvgIpc) is 2.61. The Bertz CT molecular complexity index is 740. The number of benzene rings is 2. The molecule has 6 heteroatoms. The number of halogens is 2. The normalized spacial score (nSPS) is 10.5. The third-order valence-electron chi connectivity index (χ3n) is 3.46. The summed E-state index contributed by atoms with van der Waals surface area (Å²) in [5, 5.41) is 16.3. The molecule has 0 unspecified atom stereocenters. The summed E-state index contributed by atoms with van der Waals surface area (Å²) in [5.74, 6) is 0.756. The molecule has 0 amide bonds. The van der Waals surface area contributed by atoms with E-state index in [4.69, 9.17) is 16.9 Å². The van der Waals surface area contributed by atoms with Crippen LogP contribution in [0.2, 0.25) is 5.02 Å². The summed E-state index contributed by atoms with van der Waals surface area (Å²) in [6.45, 7) is 4.09. The summed E-state index contributed by atoms with van der Waals surface area (Å²) in [4.78, 5) is 4.56. The molecular formula is C19H22ClIN4. The zero-order valence-corrected chi connectivity index (χ0v) is 17.2. The van der Waals surface area contributed by atoms with E-state index < -0.39 is 0 Å². The van der Waals surface area contributed by atoms with Gasteiger partial charge in [0.05, 0.1) is 18.2 Å². The Kier molecular flexibility index (Phi) is 9.97. The zero-order valence-electron chi connectivity index (χ0n) is 14.1. The molecule has 2 rings (SSSR count). The summed E-state index contributed by atoms with van der Waals surface area (Å²) in [6, 6.07) is 17.5. The average molecular weight is 469 g/mol. The number of nitriles is 1. The van der Waals surface area contributed by atoms with Crippen molar-refractivity contribution in [2.75, 3.05) is 13.1 Å². The molecule has 0 spiro atoms. The van der Waals surface area contributed by atoms with E-state index in [9.17, 15) is 0 Å². The van der Waals surface area contributed by atoms with Gasteiger partial charge in [-0.15, -0.1) is 24.0 Å². The van der Waals surface area contributed by atoms with Crippen molar-refractivity contribution in [2.24, 2.45) is 4.99 Å². The van der Waals surface area contributed by atoms with Crippen LogP contribution in [0.25, 0.3) is 0 Å². The van der Waals surface area contributed by atoms with Gasteiger partial charge in [-0.05, 0) is 42.7 Å². The second-order valence-electron chi connectivity index (χ2n) is 5.28. The van der Waals surface area contributed by atoms with Crippen molar-refractivity contribution < 1.29 is 0 Å². The summed E-state index contributed by atoms with van der Waals surface area (Å²) in [6.07, 6.45) is 0.827. The van der Waals surface area contributed by atoms with Crippen LogP contribution in [0, 0.1) is 11.3 Å². The summed E-state index contributed by atoms with van der Waals surface area (Å²) in [7, 11) is 0. The molecule has 2 aromatic rings. The lowest BCUT2D eigenvalue weighted by molar-refractivity contribution is 0.799. The number of nitrogens with zero attached hydrogens (tertiary/aromatic N) is 2. The highest BCUT2D eigenvalue weighted by Crippen LogP contribution is 2.14. The molecule has 0 radical (unpaired) electrons. The topological polar surface area (TPSA) is 60.2 Å². The Morgan fingerprint density at radius 3 is 2.68 bits per heavy atom. The van der Waals surface area contributed by atoms with Gasteiger partial charge in [0, 0.05) is 18.1 Å². The van der Waals surface area contributed by atoms with E-state index in [0.29, 0.717) is 12.1 Å².